The van der Waals surface area contributed by atoms with Crippen molar-refractivity contribution >= 4 is 17.0 Å². The van der Waals surface area contributed by atoms with Crippen LogP contribution in [0, 0.1) is 0 Å². The van der Waals surface area contributed by atoms with Crippen molar-refractivity contribution in [2.75, 3.05) is 12.3 Å². The molecule has 0 amide bonds. The summed E-state index contributed by atoms with van der Waals surface area (Å²) < 4.78 is 2.04. The molecular weight excluding hydrogens is 290 g/mol. The number of nitrogens with two attached hydrogens (primary N) is 1. The van der Waals surface area contributed by atoms with Crippen LogP contribution in [0.4, 0.5) is 5.82 Å². The molecule has 1 atom stereocenters. The summed E-state index contributed by atoms with van der Waals surface area (Å²) in [6.45, 7) is 2.41. The molecule has 0 aliphatic heterocycles. The third-order valence-electron chi connectivity index (χ3n) is 4.38. The lowest BCUT2D eigenvalue weighted by Gasteiger charge is -2.18. The summed E-state index contributed by atoms with van der Waals surface area (Å²) in [6, 6.07) is 0.218. The number of hydrogen-bond donors (Lipinski definition) is 2. The van der Waals surface area contributed by atoms with Gasteiger partial charge in [-0.2, -0.15) is 0 Å². The molecule has 0 spiro atoms. The number of nitrogen functional groups attached to an aromatic ring is 1. The van der Waals surface area contributed by atoms with Crippen molar-refractivity contribution in [3.05, 3.63) is 12.7 Å². The smallest absolute Gasteiger partial charge is 0.165 e. The number of nitrogens with zero attached hydrogens (tertiary/aromatic N) is 4. The number of anilines is 1. The zero-order valence-corrected chi connectivity index (χ0v) is 14.1. The molecule has 0 aromatic carbocycles. The van der Waals surface area contributed by atoms with Gasteiger partial charge in [-0.05, 0) is 12.8 Å². The summed E-state index contributed by atoms with van der Waals surface area (Å²) in [4.78, 5) is 12.6. The third kappa shape index (κ3) is 4.89. The molecule has 0 aliphatic rings. The predicted octanol–water partition coefficient (Wildman–Crippen LogP) is 3.47. The molecular formula is C17H29N5O. The SMILES string of the molecule is CCCCCCCCCC(CCO)n1cnc2c(N)ncnc21. The van der Waals surface area contributed by atoms with E-state index < -0.39 is 0 Å². The molecule has 0 fully saturated rings. The molecule has 6 heteroatoms. The first kappa shape index (κ1) is 17.7. The highest BCUT2D eigenvalue weighted by atomic mass is 16.3. The van der Waals surface area contributed by atoms with Crippen molar-refractivity contribution in [2.45, 2.75) is 70.8 Å². The molecule has 6 nitrogen and oxygen atoms in total. The molecule has 2 aromatic heterocycles. The van der Waals surface area contributed by atoms with Gasteiger partial charge in [0.1, 0.15) is 11.8 Å². The fourth-order valence-corrected chi connectivity index (χ4v) is 3.05. The first-order valence-electron chi connectivity index (χ1n) is 8.81. The Morgan fingerprint density at radius 2 is 1.78 bits per heavy atom. The maximum absolute atomic E-state index is 9.37. The van der Waals surface area contributed by atoms with Crippen molar-refractivity contribution in [1.29, 1.82) is 0 Å². The number of aliphatic hydroxyl groups excluding tert-OH is 1. The average Bonchev–Trinajstić information content (AvgIpc) is 2.98. The van der Waals surface area contributed by atoms with Gasteiger partial charge in [-0.3, -0.25) is 0 Å². The van der Waals surface area contributed by atoms with Gasteiger partial charge in [0, 0.05) is 12.6 Å². The summed E-state index contributed by atoms with van der Waals surface area (Å²) in [5.41, 5.74) is 7.26. The van der Waals surface area contributed by atoms with E-state index in [4.69, 9.17) is 5.73 Å². The topological polar surface area (TPSA) is 89.8 Å². The highest BCUT2D eigenvalue weighted by Gasteiger charge is 2.16. The van der Waals surface area contributed by atoms with E-state index in [-0.39, 0.29) is 12.6 Å². The molecule has 128 valence electrons. The summed E-state index contributed by atoms with van der Waals surface area (Å²) in [5.74, 6) is 0.410. The van der Waals surface area contributed by atoms with Crippen molar-refractivity contribution in [3.8, 4) is 0 Å². The lowest BCUT2D eigenvalue weighted by Crippen LogP contribution is -2.11. The van der Waals surface area contributed by atoms with Crippen LogP contribution in [0.3, 0.4) is 0 Å². The Morgan fingerprint density at radius 3 is 2.52 bits per heavy atom. The van der Waals surface area contributed by atoms with E-state index >= 15 is 0 Å². The van der Waals surface area contributed by atoms with Crippen LogP contribution in [0.1, 0.15) is 70.8 Å². The van der Waals surface area contributed by atoms with Gasteiger partial charge >= 0.3 is 0 Å². The van der Waals surface area contributed by atoms with Crippen molar-refractivity contribution in [1.82, 2.24) is 19.5 Å². The van der Waals surface area contributed by atoms with Gasteiger partial charge in [0.25, 0.3) is 0 Å². The third-order valence-corrected chi connectivity index (χ3v) is 4.38. The minimum absolute atomic E-state index is 0.168. The number of aliphatic hydroxyl groups is 1. The van der Waals surface area contributed by atoms with Crippen molar-refractivity contribution in [2.24, 2.45) is 0 Å². The van der Waals surface area contributed by atoms with Gasteiger partial charge in [-0.25, -0.2) is 15.0 Å². The molecule has 0 bridgehead atoms. The largest absolute Gasteiger partial charge is 0.396 e. The van der Waals surface area contributed by atoms with E-state index in [1.807, 2.05) is 4.57 Å². The van der Waals surface area contributed by atoms with E-state index in [1.165, 1.54) is 44.9 Å². The molecule has 1 unspecified atom stereocenters. The van der Waals surface area contributed by atoms with Crippen LogP contribution in [0.25, 0.3) is 11.2 Å². The summed E-state index contributed by atoms with van der Waals surface area (Å²) >= 11 is 0. The molecule has 0 radical (unpaired) electrons. The maximum atomic E-state index is 9.37. The first-order valence-corrected chi connectivity index (χ1v) is 8.81. The van der Waals surface area contributed by atoms with E-state index in [1.54, 1.807) is 6.33 Å². The molecule has 0 saturated heterocycles. The number of unbranched alkanes of at least 4 members (excludes halogenated alkanes) is 6. The monoisotopic (exact) mass is 319 g/mol. The van der Waals surface area contributed by atoms with Gasteiger partial charge in [-0.15, -0.1) is 0 Å². The number of rotatable bonds is 11. The van der Waals surface area contributed by atoms with Crippen LogP contribution in [-0.4, -0.2) is 31.2 Å². The van der Waals surface area contributed by atoms with Gasteiger partial charge in [-0.1, -0.05) is 51.9 Å². The Hall–Kier alpha value is -1.69. The standard InChI is InChI=1S/C17H29N5O/c1-2-3-4-5-6-7-8-9-14(10-11-23)22-13-21-15-16(18)19-12-20-17(15)22/h12-14,23H,2-11H2,1H3,(H2,18,19,20). The van der Waals surface area contributed by atoms with Crippen LogP contribution in [0.5, 0.6) is 0 Å². The Morgan fingerprint density at radius 1 is 1.04 bits per heavy atom. The van der Waals surface area contributed by atoms with Crippen LogP contribution in [-0.2, 0) is 0 Å². The Bertz CT molecular complexity index is 583. The minimum atomic E-state index is 0.168. The zero-order valence-electron chi connectivity index (χ0n) is 14.1. The van der Waals surface area contributed by atoms with Crippen LogP contribution in [0.2, 0.25) is 0 Å². The zero-order chi connectivity index (χ0) is 16.5. The predicted molar refractivity (Wildman–Crippen MR) is 93.1 cm³/mol. The maximum Gasteiger partial charge on any atom is 0.165 e. The molecule has 0 aliphatic carbocycles. The molecule has 2 heterocycles. The normalized spacial score (nSPS) is 12.8. The van der Waals surface area contributed by atoms with Crippen molar-refractivity contribution in [3.63, 3.8) is 0 Å². The Kier molecular flexibility index (Phi) is 7.26. The second-order valence-electron chi connectivity index (χ2n) is 6.16. The summed E-state index contributed by atoms with van der Waals surface area (Å²) in [6.07, 6.45) is 14.0. The highest BCUT2D eigenvalue weighted by molar-refractivity contribution is 5.81. The number of aromatic nitrogens is 4. The summed E-state index contributed by atoms with van der Waals surface area (Å²) in [7, 11) is 0. The highest BCUT2D eigenvalue weighted by Crippen LogP contribution is 2.25. The van der Waals surface area contributed by atoms with Gasteiger partial charge in [0.05, 0.1) is 6.33 Å². The molecule has 2 aromatic rings. The molecule has 23 heavy (non-hydrogen) atoms. The van der Waals surface area contributed by atoms with Gasteiger partial charge in [0.15, 0.2) is 11.5 Å². The van der Waals surface area contributed by atoms with Crippen LogP contribution < -0.4 is 5.73 Å². The second kappa shape index (κ2) is 9.45. The van der Waals surface area contributed by atoms with E-state index in [9.17, 15) is 5.11 Å². The Balaban J connectivity index is 1.91. The second-order valence-corrected chi connectivity index (χ2v) is 6.16. The average molecular weight is 319 g/mol. The van der Waals surface area contributed by atoms with Gasteiger partial charge < -0.3 is 15.4 Å². The molecule has 3 N–H and O–H groups in total. The minimum Gasteiger partial charge on any atom is -0.396 e. The van der Waals surface area contributed by atoms with E-state index in [0.29, 0.717) is 17.8 Å². The quantitative estimate of drug-likeness (QED) is 0.619. The lowest BCUT2D eigenvalue weighted by atomic mass is 10.0. The molecule has 0 saturated carbocycles. The molecule has 2 rings (SSSR count). The van der Waals surface area contributed by atoms with Crippen LogP contribution in [0.15, 0.2) is 12.7 Å². The van der Waals surface area contributed by atoms with Crippen LogP contribution >= 0.6 is 0 Å². The fourth-order valence-electron chi connectivity index (χ4n) is 3.05. The first-order chi connectivity index (χ1) is 11.3. The van der Waals surface area contributed by atoms with E-state index in [0.717, 1.165) is 18.5 Å². The fraction of sp³-hybridized carbons (Fsp3) is 0.706. The van der Waals surface area contributed by atoms with E-state index in [2.05, 4.69) is 21.9 Å². The number of hydrogen-bond acceptors (Lipinski definition) is 5. The Labute approximate surface area is 138 Å². The number of imidazole rings is 1. The number of fused-ring (bicyclic) bond motifs is 1. The summed E-state index contributed by atoms with van der Waals surface area (Å²) in [5, 5.41) is 9.37. The van der Waals surface area contributed by atoms with Gasteiger partial charge in [0.2, 0.25) is 0 Å². The van der Waals surface area contributed by atoms with Crippen molar-refractivity contribution < 1.29 is 5.11 Å². The lowest BCUT2D eigenvalue weighted by molar-refractivity contribution is 0.251.